The van der Waals surface area contributed by atoms with E-state index in [1.54, 1.807) is 19.4 Å². The lowest BCUT2D eigenvalue weighted by Crippen LogP contribution is -2.25. The molecule has 1 aromatic carbocycles. The Morgan fingerprint density at radius 3 is 2.75 bits per heavy atom. The van der Waals surface area contributed by atoms with Gasteiger partial charge in [-0.2, -0.15) is 28.8 Å². The fourth-order valence-corrected chi connectivity index (χ4v) is 4.70. The van der Waals surface area contributed by atoms with Gasteiger partial charge in [0.05, 0.1) is 43.2 Å². The number of hydrogen-bond donors (Lipinski definition) is 2. The molecule has 1 aliphatic rings. The molecule has 1 aliphatic heterocycles. The van der Waals surface area contributed by atoms with Crippen LogP contribution in [0.25, 0.3) is 22.3 Å². The maximum Gasteiger partial charge on any atom is 0.490 e. The van der Waals surface area contributed by atoms with Crippen LogP contribution in [0, 0.1) is 28.6 Å². The van der Waals surface area contributed by atoms with E-state index in [0.717, 1.165) is 47.5 Å². The van der Waals surface area contributed by atoms with Crippen molar-refractivity contribution in [2.24, 2.45) is 5.92 Å². The molecule has 1 fully saturated rings. The molecule has 2 N–H and O–H groups in total. The molecule has 206 valence electrons. The summed E-state index contributed by atoms with van der Waals surface area (Å²) in [5.41, 5.74) is 3.88. The summed E-state index contributed by atoms with van der Waals surface area (Å²) in [7, 11) is 1.57. The highest BCUT2D eigenvalue weighted by Gasteiger charge is 2.38. The first-order chi connectivity index (χ1) is 19.2. The van der Waals surface area contributed by atoms with E-state index in [2.05, 4.69) is 37.1 Å². The molecule has 5 rings (SSSR count). The van der Waals surface area contributed by atoms with E-state index >= 15 is 0 Å². The van der Waals surface area contributed by atoms with Crippen molar-refractivity contribution in [3.05, 3.63) is 54.7 Å². The third-order valence-electron chi connectivity index (χ3n) is 6.56. The summed E-state index contributed by atoms with van der Waals surface area (Å²) in [6.45, 7) is 1.54. The number of rotatable bonds is 6. The van der Waals surface area contributed by atoms with Crippen LogP contribution in [0.2, 0.25) is 0 Å². The van der Waals surface area contributed by atoms with Crippen molar-refractivity contribution in [3.8, 4) is 29.1 Å². The largest absolute Gasteiger partial charge is 0.495 e. The van der Waals surface area contributed by atoms with Crippen LogP contribution in [0.15, 0.2) is 49.2 Å². The predicted molar refractivity (Wildman–Crippen MR) is 136 cm³/mol. The fourth-order valence-electron chi connectivity index (χ4n) is 4.70. The van der Waals surface area contributed by atoms with Crippen LogP contribution in [0.5, 0.6) is 5.75 Å². The number of anilines is 1. The second kappa shape index (κ2) is 11.7. The third-order valence-corrected chi connectivity index (χ3v) is 6.56. The molecule has 1 saturated heterocycles. The molecule has 0 amide bonds. The Balaban J connectivity index is 0.000000470. The van der Waals surface area contributed by atoms with Crippen molar-refractivity contribution in [2.45, 2.75) is 25.1 Å². The zero-order chi connectivity index (χ0) is 28.9. The number of nitriles is 2. The average molecular weight is 553 g/mol. The summed E-state index contributed by atoms with van der Waals surface area (Å²) in [6, 6.07) is 12.1. The minimum Gasteiger partial charge on any atom is -0.495 e. The van der Waals surface area contributed by atoms with Gasteiger partial charge in [0.2, 0.25) is 0 Å². The molecular formula is C26H23F3N8O3. The van der Waals surface area contributed by atoms with Crippen molar-refractivity contribution < 1.29 is 27.8 Å². The van der Waals surface area contributed by atoms with E-state index in [1.165, 1.54) is 6.33 Å². The number of methoxy groups -OCH3 is 1. The Bertz CT molecular complexity index is 1580. The number of H-pyrrole nitrogens is 1. The molecule has 14 heteroatoms. The van der Waals surface area contributed by atoms with Crippen LogP contribution in [-0.4, -0.2) is 62.2 Å². The zero-order valence-corrected chi connectivity index (χ0v) is 21.1. The van der Waals surface area contributed by atoms with Crippen LogP contribution in [0.3, 0.4) is 0 Å². The summed E-state index contributed by atoms with van der Waals surface area (Å²) in [4.78, 5) is 22.9. The normalized spacial score (nSPS) is 15.6. The first kappa shape index (κ1) is 27.9. The number of aromatic nitrogens is 5. The van der Waals surface area contributed by atoms with Crippen LogP contribution in [-0.2, 0) is 4.79 Å². The number of halogens is 3. The van der Waals surface area contributed by atoms with Crippen molar-refractivity contribution in [3.63, 3.8) is 0 Å². The molecule has 0 unspecified atom stereocenters. The molecule has 0 saturated carbocycles. The standard InChI is InChI=1S/C24H22N8O.C2HF3O2/c1-33-22-4-2-3-21(19(22)11-26)31-10-7-16(13-31)20(5-8-25)32-14-17(12-30-32)23-18-6-9-27-24(18)29-15-28-23;3-2(4,5)1(6)7/h2-4,6,9,12,14-16,20H,5,7,10,13H2,1H3,(H,27,28,29);(H,6,7)/t16-,20-;/m0./s1. The first-order valence-electron chi connectivity index (χ1n) is 12.0. The average Bonchev–Trinajstić information content (AvgIpc) is 3.71. The van der Waals surface area contributed by atoms with E-state index in [4.69, 9.17) is 14.6 Å². The topological polar surface area (TPSA) is 157 Å². The predicted octanol–water partition coefficient (Wildman–Crippen LogP) is 4.32. The van der Waals surface area contributed by atoms with Gasteiger partial charge in [0, 0.05) is 42.4 Å². The molecule has 3 aromatic heterocycles. The number of nitrogens with one attached hydrogen (secondary N) is 1. The number of aromatic amines is 1. The number of ether oxygens (including phenoxy) is 1. The smallest absolute Gasteiger partial charge is 0.490 e. The Morgan fingerprint density at radius 2 is 2.08 bits per heavy atom. The van der Waals surface area contributed by atoms with Gasteiger partial charge < -0.3 is 19.7 Å². The van der Waals surface area contributed by atoms with Gasteiger partial charge in [0.25, 0.3) is 0 Å². The molecule has 0 aliphatic carbocycles. The number of hydrogen-bond acceptors (Lipinski definition) is 8. The molecule has 2 atom stereocenters. The highest BCUT2D eigenvalue weighted by atomic mass is 19.4. The molecule has 11 nitrogen and oxygen atoms in total. The van der Waals surface area contributed by atoms with E-state index < -0.39 is 12.1 Å². The van der Waals surface area contributed by atoms with E-state index in [-0.39, 0.29) is 12.0 Å². The minimum absolute atomic E-state index is 0.0755. The fraction of sp³-hybridized carbons (Fsp3) is 0.308. The molecule has 4 aromatic rings. The highest BCUT2D eigenvalue weighted by Crippen LogP contribution is 2.37. The molecule has 0 spiro atoms. The highest BCUT2D eigenvalue weighted by molar-refractivity contribution is 5.90. The van der Waals surface area contributed by atoms with Gasteiger partial charge in [-0.3, -0.25) is 4.68 Å². The minimum atomic E-state index is -5.08. The van der Waals surface area contributed by atoms with Gasteiger partial charge in [-0.15, -0.1) is 0 Å². The van der Waals surface area contributed by atoms with Crippen LogP contribution in [0.1, 0.15) is 24.4 Å². The van der Waals surface area contributed by atoms with Crippen LogP contribution < -0.4 is 9.64 Å². The number of alkyl halides is 3. The number of fused-ring (bicyclic) bond motifs is 1. The molecule has 40 heavy (non-hydrogen) atoms. The SMILES string of the molecule is COc1cccc(N2CC[C@H]([C@H](CC#N)n3cc(-c4ncnc5[nH]ccc45)cn3)C2)c1C#N.O=C(O)C(F)(F)F. The van der Waals surface area contributed by atoms with Crippen LogP contribution in [0.4, 0.5) is 18.9 Å². The van der Waals surface area contributed by atoms with E-state index in [9.17, 15) is 23.7 Å². The second-order valence-electron chi connectivity index (χ2n) is 8.86. The summed E-state index contributed by atoms with van der Waals surface area (Å²) >= 11 is 0. The maximum atomic E-state index is 10.6. The van der Waals surface area contributed by atoms with Crippen molar-refractivity contribution in [2.75, 3.05) is 25.1 Å². The van der Waals surface area contributed by atoms with Crippen molar-refractivity contribution in [1.82, 2.24) is 24.7 Å². The number of aliphatic carboxylic acids is 1. The molecule has 0 bridgehead atoms. The number of nitrogens with zero attached hydrogens (tertiary/aromatic N) is 7. The van der Waals surface area contributed by atoms with Gasteiger partial charge in [-0.1, -0.05) is 6.07 Å². The zero-order valence-electron chi connectivity index (χ0n) is 21.1. The molecular weight excluding hydrogens is 529 g/mol. The van der Waals surface area contributed by atoms with Crippen LogP contribution >= 0.6 is 0 Å². The second-order valence-corrected chi connectivity index (χ2v) is 8.86. The number of carbonyl (C=O) groups is 1. The van der Waals surface area contributed by atoms with Crippen molar-refractivity contribution >= 4 is 22.7 Å². The number of carboxylic acid groups (broad SMARTS) is 1. The summed E-state index contributed by atoms with van der Waals surface area (Å²) in [6.07, 6.45) is 3.31. The van der Waals surface area contributed by atoms with Gasteiger partial charge >= 0.3 is 12.1 Å². The maximum absolute atomic E-state index is 10.6. The van der Waals surface area contributed by atoms with Gasteiger partial charge in [0.1, 0.15) is 29.4 Å². The monoisotopic (exact) mass is 552 g/mol. The summed E-state index contributed by atoms with van der Waals surface area (Å²) < 4.78 is 39.0. The third kappa shape index (κ3) is 5.81. The van der Waals surface area contributed by atoms with Crippen molar-refractivity contribution in [1.29, 1.82) is 10.5 Å². The van der Waals surface area contributed by atoms with Gasteiger partial charge in [-0.05, 0) is 24.6 Å². The van der Waals surface area contributed by atoms with Gasteiger partial charge in [0.15, 0.2) is 0 Å². The lowest BCUT2D eigenvalue weighted by Gasteiger charge is -2.24. The Hall–Kier alpha value is -5.11. The Kier molecular flexibility index (Phi) is 8.19. The Labute approximate surface area is 226 Å². The van der Waals surface area contributed by atoms with E-state index in [1.807, 2.05) is 35.3 Å². The summed E-state index contributed by atoms with van der Waals surface area (Å²) in [5.74, 6) is -1.97. The summed E-state index contributed by atoms with van der Waals surface area (Å²) in [5, 5.41) is 31.9. The number of carboxylic acids is 1. The van der Waals surface area contributed by atoms with E-state index in [0.29, 0.717) is 17.7 Å². The number of benzene rings is 1. The quantitative estimate of drug-likeness (QED) is 0.356. The molecule has 0 radical (unpaired) electrons. The van der Waals surface area contributed by atoms with Gasteiger partial charge in [-0.25, -0.2) is 14.8 Å². The lowest BCUT2D eigenvalue weighted by molar-refractivity contribution is -0.192. The lowest BCUT2D eigenvalue weighted by atomic mass is 9.96. The molecule has 4 heterocycles. The first-order valence-corrected chi connectivity index (χ1v) is 12.0. The Morgan fingerprint density at radius 1 is 1.30 bits per heavy atom.